The van der Waals surface area contributed by atoms with Crippen molar-refractivity contribution < 1.29 is 0 Å². The average Bonchev–Trinajstić information content (AvgIpc) is 2.83. The molecule has 3 nitrogen and oxygen atoms in total. The molecule has 1 saturated heterocycles. The van der Waals surface area contributed by atoms with Crippen molar-refractivity contribution in [3.8, 4) is 0 Å². The summed E-state index contributed by atoms with van der Waals surface area (Å²) in [6, 6.07) is 0.717. The molecule has 0 amide bonds. The Kier molecular flexibility index (Phi) is 7.87. The molecule has 1 aliphatic heterocycles. The molecule has 0 aromatic heterocycles. The molecule has 2 unspecified atom stereocenters. The summed E-state index contributed by atoms with van der Waals surface area (Å²) in [6.07, 6.45) is 3.87. The fraction of sp³-hybridized carbons (Fsp3) is 1.00. The van der Waals surface area contributed by atoms with Crippen LogP contribution in [-0.2, 0) is 0 Å². The molecule has 108 valence electrons. The minimum absolute atomic E-state index is 0.717. The van der Waals surface area contributed by atoms with Gasteiger partial charge in [-0.15, -0.1) is 0 Å². The Morgan fingerprint density at radius 3 is 2.83 bits per heavy atom. The summed E-state index contributed by atoms with van der Waals surface area (Å²) in [6.45, 7) is 14.3. The molecule has 0 bridgehead atoms. The molecule has 0 spiro atoms. The van der Waals surface area contributed by atoms with E-state index in [2.05, 4.69) is 42.9 Å². The maximum Gasteiger partial charge on any atom is 0.0109 e. The fourth-order valence-electron chi connectivity index (χ4n) is 2.60. The second-order valence-electron chi connectivity index (χ2n) is 5.90. The first kappa shape index (κ1) is 15.9. The van der Waals surface area contributed by atoms with Gasteiger partial charge in [0.05, 0.1) is 0 Å². The smallest absolute Gasteiger partial charge is 0.0109 e. The van der Waals surface area contributed by atoms with Crippen molar-refractivity contribution in [3.63, 3.8) is 0 Å². The Balaban J connectivity index is 2.10. The second-order valence-corrected chi connectivity index (χ2v) is 5.90. The summed E-state index contributed by atoms with van der Waals surface area (Å²) < 4.78 is 0. The fourth-order valence-corrected chi connectivity index (χ4v) is 2.60. The maximum atomic E-state index is 3.55. The van der Waals surface area contributed by atoms with Gasteiger partial charge in [-0.3, -0.25) is 0 Å². The van der Waals surface area contributed by atoms with Crippen molar-refractivity contribution in [1.29, 1.82) is 0 Å². The topological polar surface area (TPSA) is 18.5 Å². The third kappa shape index (κ3) is 5.68. The predicted molar refractivity (Wildman–Crippen MR) is 80.1 cm³/mol. The molecule has 0 radical (unpaired) electrons. The van der Waals surface area contributed by atoms with Gasteiger partial charge in [0.1, 0.15) is 0 Å². The molecule has 3 heteroatoms. The molecular formula is C15H33N3. The van der Waals surface area contributed by atoms with E-state index in [-0.39, 0.29) is 0 Å². The third-order valence-electron chi connectivity index (χ3n) is 4.34. The van der Waals surface area contributed by atoms with Gasteiger partial charge in [0.2, 0.25) is 0 Å². The molecule has 0 aliphatic carbocycles. The molecule has 0 aromatic carbocycles. The number of likely N-dealkylation sites (N-methyl/N-ethyl adjacent to an activating group) is 1. The van der Waals surface area contributed by atoms with E-state index in [1.165, 1.54) is 58.5 Å². The summed E-state index contributed by atoms with van der Waals surface area (Å²) in [5, 5.41) is 3.55. The number of hydrogen-bond acceptors (Lipinski definition) is 3. The normalized spacial score (nSPS) is 22.8. The zero-order valence-corrected chi connectivity index (χ0v) is 12.9. The minimum atomic E-state index is 0.717. The average molecular weight is 255 g/mol. The highest BCUT2D eigenvalue weighted by atomic mass is 15.2. The van der Waals surface area contributed by atoms with Gasteiger partial charge in [0, 0.05) is 25.7 Å². The van der Waals surface area contributed by atoms with Crippen molar-refractivity contribution in [1.82, 2.24) is 15.1 Å². The molecular weight excluding hydrogens is 222 g/mol. The van der Waals surface area contributed by atoms with Crippen LogP contribution in [0.3, 0.4) is 0 Å². The van der Waals surface area contributed by atoms with Crippen LogP contribution < -0.4 is 5.32 Å². The Bertz CT molecular complexity index is 208. The van der Waals surface area contributed by atoms with Crippen molar-refractivity contribution >= 4 is 0 Å². The van der Waals surface area contributed by atoms with Gasteiger partial charge in [-0.05, 0) is 58.8 Å². The SMILES string of the molecule is CCCNCC1CCN(CCN(C)C(C)CC)C1. The molecule has 18 heavy (non-hydrogen) atoms. The van der Waals surface area contributed by atoms with E-state index in [1.807, 2.05) is 0 Å². The molecule has 1 aliphatic rings. The van der Waals surface area contributed by atoms with Crippen LogP contribution in [0.15, 0.2) is 0 Å². The first-order valence-corrected chi connectivity index (χ1v) is 7.80. The van der Waals surface area contributed by atoms with Gasteiger partial charge < -0.3 is 15.1 Å². The quantitative estimate of drug-likeness (QED) is 0.636. The molecule has 1 fully saturated rings. The van der Waals surface area contributed by atoms with Crippen molar-refractivity contribution in [2.24, 2.45) is 5.92 Å². The molecule has 1 rings (SSSR count). The van der Waals surface area contributed by atoms with E-state index in [0.29, 0.717) is 0 Å². The van der Waals surface area contributed by atoms with Gasteiger partial charge in [-0.2, -0.15) is 0 Å². The first-order valence-electron chi connectivity index (χ1n) is 7.80. The van der Waals surface area contributed by atoms with Crippen LogP contribution in [0.1, 0.15) is 40.0 Å². The van der Waals surface area contributed by atoms with Crippen LogP contribution >= 0.6 is 0 Å². The predicted octanol–water partition coefficient (Wildman–Crippen LogP) is 2.04. The third-order valence-corrected chi connectivity index (χ3v) is 4.34. The lowest BCUT2D eigenvalue weighted by Crippen LogP contribution is -2.36. The van der Waals surface area contributed by atoms with E-state index in [9.17, 15) is 0 Å². The van der Waals surface area contributed by atoms with E-state index < -0.39 is 0 Å². The van der Waals surface area contributed by atoms with Crippen LogP contribution in [0, 0.1) is 5.92 Å². The van der Waals surface area contributed by atoms with Crippen LogP contribution in [0.4, 0.5) is 0 Å². The van der Waals surface area contributed by atoms with Gasteiger partial charge in [0.25, 0.3) is 0 Å². The standard InChI is InChI=1S/C15H33N3/c1-5-8-16-12-15-7-9-18(13-15)11-10-17(4)14(3)6-2/h14-16H,5-13H2,1-4H3. The summed E-state index contributed by atoms with van der Waals surface area (Å²) >= 11 is 0. The largest absolute Gasteiger partial charge is 0.316 e. The monoisotopic (exact) mass is 255 g/mol. The molecule has 2 atom stereocenters. The highest BCUT2D eigenvalue weighted by molar-refractivity contribution is 4.78. The van der Waals surface area contributed by atoms with Gasteiger partial charge >= 0.3 is 0 Å². The highest BCUT2D eigenvalue weighted by Crippen LogP contribution is 2.15. The molecule has 0 saturated carbocycles. The van der Waals surface area contributed by atoms with Crippen molar-refractivity contribution in [2.75, 3.05) is 46.3 Å². The number of rotatable bonds is 9. The van der Waals surface area contributed by atoms with Crippen molar-refractivity contribution in [2.45, 2.75) is 46.1 Å². The maximum absolute atomic E-state index is 3.55. The van der Waals surface area contributed by atoms with Crippen LogP contribution in [0.2, 0.25) is 0 Å². The zero-order chi connectivity index (χ0) is 13.4. The van der Waals surface area contributed by atoms with Crippen molar-refractivity contribution in [3.05, 3.63) is 0 Å². The lowest BCUT2D eigenvalue weighted by atomic mass is 10.1. The number of nitrogens with zero attached hydrogens (tertiary/aromatic N) is 2. The Labute approximate surface area is 114 Å². The molecule has 0 aromatic rings. The second kappa shape index (κ2) is 8.89. The number of nitrogens with one attached hydrogen (secondary N) is 1. The van der Waals surface area contributed by atoms with Gasteiger partial charge in [-0.1, -0.05) is 13.8 Å². The first-order chi connectivity index (χ1) is 8.67. The summed E-state index contributed by atoms with van der Waals surface area (Å²) in [7, 11) is 2.25. The zero-order valence-electron chi connectivity index (χ0n) is 12.9. The van der Waals surface area contributed by atoms with Gasteiger partial charge in [0.15, 0.2) is 0 Å². The van der Waals surface area contributed by atoms with E-state index in [1.54, 1.807) is 0 Å². The van der Waals surface area contributed by atoms with Crippen LogP contribution in [0.25, 0.3) is 0 Å². The Morgan fingerprint density at radius 1 is 1.39 bits per heavy atom. The molecule has 1 heterocycles. The molecule has 1 N–H and O–H groups in total. The van der Waals surface area contributed by atoms with E-state index in [0.717, 1.165) is 12.0 Å². The lowest BCUT2D eigenvalue weighted by Gasteiger charge is -2.26. The minimum Gasteiger partial charge on any atom is -0.316 e. The Hall–Kier alpha value is -0.120. The number of likely N-dealkylation sites (tertiary alicyclic amines) is 1. The highest BCUT2D eigenvalue weighted by Gasteiger charge is 2.22. The van der Waals surface area contributed by atoms with Crippen LogP contribution in [0.5, 0.6) is 0 Å². The summed E-state index contributed by atoms with van der Waals surface area (Å²) in [5.41, 5.74) is 0. The van der Waals surface area contributed by atoms with E-state index >= 15 is 0 Å². The number of hydrogen-bond donors (Lipinski definition) is 1. The van der Waals surface area contributed by atoms with E-state index in [4.69, 9.17) is 0 Å². The van der Waals surface area contributed by atoms with Crippen LogP contribution in [-0.4, -0.2) is 62.2 Å². The Morgan fingerprint density at radius 2 is 2.17 bits per heavy atom. The summed E-state index contributed by atoms with van der Waals surface area (Å²) in [4.78, 5) is 5.12. The summed E-state index contributed by atoms with van der Waals surface area (Å²) in [5.74, 6) is 0.880. The lowest BCUT2D eigenvalue weighted by molar-refractivity contribution is 0.208. The van der Waals surface area contributed by atoms with Gasteiger partial charge in [-0.25, -0.2) is 0 Å².